The second kappa shape index (κ2) is 7.03. The molecule has 1 fully saturated rings. The number of anilines is 2. The van der Waals surface area contributed by atoms with Gasteiger partial charge in [0.1, 0.15) is 5.69 Å². The summed E-state index contributed by atoms with van der Waals surface area (Å²) in [7, 11) is 0. The Morgan fingerprint density at radius 3 is 1.93 bits per heavy atom. The van der Waals surface area contributed by atoms with Crippen molar-refractivity contribution >= 4 is 11.4 Å². The SMILES string of the molecule is CC(C)c1ccc(-c2c(N3CCN(c4ccccc4)CC3)c(=O)c2=O)cc1. The van der Waals surface area contributed by atoms with E-state index < -0.39 is 0 Å². The summed E-state index contributed by atoms with van der Waals surface area (Å²) in [4.78, 5) is 29.0. The maximum atomic E-state index is 12.3. The molecular formula is C23H24N2O2. The molecule has 0 aliphatic carbocycles. The minimum atomic E-state index is -0.354. The average molecular weight is 360 g/mol. The van der Waals surface area contributed by atoms with Crippen LogP contribution in [0.5, 0.6) is 0 Å². The van der Waals surface area contributed by atoms with Crippen LogP contribution in [0, 0.1) is 0 Å². The summed E-state index contributed by atoms with van der Waals surface area (Å²) < 4.78 is 0. The Labute approximate surface area is 159 Å². The smallest absolute Gasteiger partial charge is 0.250 e. The van der Waals surface area contributed by atoms with E-state index in [0.29, 0.717) is 17.2 Å². The van der Waals surface area contributed by atoms with Gasteiger partial charge in [-0.25, -0.2) is 0 Å². The van der Waals surface area contributed by atoms with Crippen molar-refractivity contribution in [2.75, 3.05) is 36.0 Å². The van der Waals surface area contributed by atoms with Crippen LogP contribution in [-0.2, 0) is 0 Å². The molecule has 0 saturated carbocycles. The van der Waals surface area contributed by atoms with E-state index in [-0.39, 0.29) is 10.9 Å². The maximum absolute atomic E-state index is 12.3. The molecule has 1 saturated heterocycles. The molecule has 4 heteroatoms. The van der Waals surface area contributed by atoms with Crippen molar-refractivity contribution in [3.05, 3.63) is 80.6 Å². The van der Waals surface area contributed by atoms with E-state index in [1.807, 2.05) is 42.5 Å². The monoisotopic (exact) mass is 360 g/mol. The van der Waals surface area contributed by atoms with Crippen LogP contribution >= 0.6 is 0 Å². The molecule has 0 unspecified atom stereocenters. The molecule has 4 nitrogen and oxygen atoms in total. The lowest BCUT2D eigenvalue weighted by Crippen LogP contribution is -2.51. The summed E-state index contributed by atoms with van der Waals surface area (Å²) in [5, 5.41) is 0. The molecule has 4 rings (SSSR count). The van der Waals surface area contributed by atoms with E-state index in [2.05, 4.69) is 35.8 Å². The molecule has 27 heavy (non-hydrogen) atoms. The molecule has 3 aromatic rings. The second-order valence-corrected chi connectivity index (χ2v) is 7.47. The summed E-state index contributed by atoms with van der Waals surface area (Å²) >= 11 is 0. The Balaban J connectivity index is 1.55. The van der Waals surface area contributed by atoms with Gasteiger partial charge in [0, 0.05) is 31.9 Å². The van der Waals surface area contributed by atoms with Gasteiger partial charge in [0.25, 0.3) is 0 Å². The molecule has 3 aromatic carbocycles. The molecule has 0 bridgehead atoms. The zero-order valence-electron chi connectivity index (χ0n) is 15.8. The highest BCUT2D eigenvalue weighted by Crippen LogP contribution is 2.29. The summed E-state index contributed by atoms with van der Waals surface area (Å²) in [5.41, 5.74) is 3.78. The Hall–Kier alpha value is -2.88. The van der Waals surface area contributed by atoms with E-state index in [4.69, 9.17) is 0 Å². The van der Waals surface area contributed by atoms with Gasteiger partial charge in [-0.15, -0.1) is 0 Å². The Kier molecular flexibility index (Phi) is 4.56. The van der Waals surface area contributed by atoms with E-state index >= 15 is 0 Å². The van der Waals surface area contributed by atoms with Gasteiger partial charge >= 0.3 is 0 Å². The number of hydrogen-bond acceptors (Lipinski definition) is 4. The van der Waals surface area contributed by atoms with Crippen molar-refractivity contribution in [3.63, 3.8) is 0 Å². The van der Waals surface area contributed by atoms with E-state index in [1.165, 1.54) is 11.3 Å². The summed E-state index contributed by atoms with van der Waals surface area (Å²) in [6.45, 7) is 7.46. The summed E-state index contributed by atoms with van der Waals surface area (Å²) in [5.74, 6) is 0.442. The number of benzene rings is 2. The minimum absolute atomic E-state index is 0.342. The Morgan fingerprint density at radius 1 is 0.741 bits per heavy atom. The van der Waals surface area contributed by atoms with E-state index in [1.54, 1.807) is 0 Å². The molecule has 0 N–H and O–H groups in total. The van der Waals surface area contributed by atoms with Crippen molar-refractivity contribution in [1.82, 2.24) is 0 Å². The standard InChI is InChI=1S/C23H24N2O2/c1-16(2)17-8-10-18(11-9-17)20-21(23(27)22(20)26)25-14-12-24(13-15-25)19-6-4-3-5-7-19/h3-11,16H,12-15H2,1-2H3. The Bertz CT molecular complexity index is 991. The first-order valence-corrected chi connectivity index (χ1v) is 9.55. The first-order valence-electron chi connectivity index (χ1n) is 9.55. The molecule has 1 heterocycles. The van der Waals surface area contributed by atoms with Crippen LogP contribution in [0.1, 0.15) is 25.3 Å². The lowest BCUT2D eigenvalue weighted by Gasteiger charge is -2.38. The first kappa shape index (κ1) is 17.5. The van der Waals surface area contributed by atoms with Gasteiger partial charge in [-0.3, -0.25) is 9.59 Å². The van der Waals surface area contributed by atoms with Crippen LogP contribution in [0.15, 0.2) is 64.2 Å². The number of rotatable bonds is 4. The van der Waals surface area contributed by atoms with Crippen LogP contribution in [0.2, 0.25) is 0 Å². The molecule has 138 valence electrons. The predicted molar refractivity (Wildman–Crippen MR) is 112 cm³/mol. The van der Waals surface area contributed by atoms with Gasteiger partial charge in [-0.1, -0.05) is 56.3 Å². The zero-order chi connectivity index (χ0) is 19.0. The first-order chi connectivity index (χ1) is 13.1. The molecule has 0 spiro atoms. The van der Waals surface area contributed by atoms with Gasteiger partial charge < -0.3 is 9.80 Å². The van der Waals surface area contributed by atoms with Crippen molar-refractivity contribution < 1.29 is 0 Å². The maximum Gasteiger partial charge on any atom is 0.250 e. The van der Waals surface area contributed by atoms with Crippen LogP contribution < -0.4 is 20.7 Å². The molecule has 1 aliphatic heterocycles. The van der Waals surface area contributed by atoms with Crippen molar-refractivity contribution in [1.29, 1.82) is 0 Å². The molecule has 0 radical (unpaired) electrons. The largest absolute Gasteiger partial charge is 0.368 e. The lowest BCUT2D eigenvalue weighted by molar-refractivity contribution is 0.651. The number of hydrogen-bond donors (Lipinski definition) is 0. The average Bonchev–Trinajstić information content (AvgIpc) is 2.72. The molecular weight excluding hydrogens is 336 g/mol. The van der Waals surface area contributed by atoms with Crippen molar-refractivity contribution in [2.45, 2.75) is 19.8 Å². The van der Waals surface area contributed by atoms with Crippen LogP contribution in [0.25, 0.3) is 11.1 Å². The van der Waals surface area contributed by atoms with Gasteiger partial charge in [0.05, 0.1) is 5.56 Å². The van der Waals surface area contributed by atoms with Gasteiger partial charge in [0.2, 0.25) is 10.9 Å². The third-order valence-electron chi connectivity index (χ3n) is 5.47. The fourth-order valence-corrected chi connectivity index (χ4v) is 3.81. The number of nitrogens with zero attached hydrogens (tertiary/aromatic N) is 2. The number of piperazine rings is 1. The predicted octanol–water partition coefficient (Wildman–Crippen LogP) is 3.40. The second-order valence-electron chi connectivity index (χ2n) is 7.47. The van der Waals surface area contributed by atoms with Crippen molar-refractivity contribution in [3.8, 4) is 11.1 Å². The fourth-order valence-electron chi connectivity index (χ4n) is 3.81. The van der Waals surface area contributed by atoms with E-state index in [9.17, 15) is 9.59 Å². The van der Waals surface area contributed by atoms with Crippen LogP contribution in [0.3, 0.4) is 0 Å². The van der Waals surface area contributed by atoms with E-state index in [0.717, 1.165) is 31.7 Å². The molecule has 0 amide bonds. The third-order valence-corrected chi connectivity index (χ3v) is 5.47. The third kappa shape index (κ3) is 3.16. The van der Waals surface area contributed by atoms with Gasteiger partial charge in [-0.05, 0) is 29.2 Å². The highest BCUT2D eigenvalue weighted by Gasteiger charge is 2.29. The summed E-state index contributed by atoms with van der Waals surface area (Å²) in [6, 6.07) is 18.3. The van der Waals surface area contributed by atoms with Gasteiger partial charge in [0.15, 0.2) is 0 Å². The van der Waals surface area contributed by atoms with Gasteiger partial charge in [-0.2, -0.15) is 0 Å². The molecule has 0 atom stereocenters. The Morgan fingerprint density at radius 2 is 1.33 bits per heavy atom. The highest BCUT2D eigenvalue weighted by atomic mass is 16.2. The zero-order valence-corrected chi connectivity index (χ0v) is 15.8. The molecule has 0 aromatic heterocycles. The topological polar surface area (TPSA) is 40.6 Å². The summed E-state index contributed by atoms with van der Waals surface area (Å²) in [6.07, 6.45) is 0. The number of para-hydroxylation sites is 1. The molecule has 1 aliphatic rings. The van der Waals surface area contributed by atoms with Crippen LogP contribution in [0.4, 0.5) is 11.4 Å². The van der Waals surface area contributed by atoms with Crippen LogP contribution in [-0.4, -0.2) is 26.2 Å². The lowest BCUT2D eigenvalue weighted by atomic mass is 9.94. The fraction of sp³-hybridized carbons (Fsp3) is 0.304. The minimum Gasteiger partial charge on any atom is -0.368 e. The normalized spacial score (nSPS) is 14.9. The quantitative estimate of drug-likeness (QED) is 0.669. The van der Waals surface area contributed by atoms with Crippen molar-refractivity contribution in [2.24, 2.45) is 0 Å². The highest BCUT2D eigenvalue weighted by molar-refractivity contribution is 5.83.